The molecule has 0 saturated heterocycles. The summed E-state index contributed by atoms with van der Waals surface area (Å²) >= 11 is 0. The SMILES string of the molecule is CC(C)(NC(=O)c1ccoc1)c1ccccn1. The van der Waals surface area contributed by atoms with Crippen molar-refractivity contribution >= 4 is 5.91 Å². The van der Waals surface area contributed by atoms with Crippen LogP contribution in [0, 0.1) is 0 Å². The summed E-state index contributed by atoms with van der Waals surface area (Å²) in [5.41, 5.74) is 0.807. The Labute approximate surface area is 99.7 Å². The number of rotatable bonds is 3. The quantitative estimate of drug-likeness (QED) is 0.880. The summed E-state index contributed by atoms with van der Waals surface area (Å²) in [6.07, 6.45) is 4.60. The number of carbonyl (C=O) groups is 1. The molecule has 4 nitrogen and oxygen atoms in total. The van der Waals surface area contributed by atoms with E-state index in [2.05, 4.69) is 10.3 Å². The van der Waals surface area contributed by atoms with Gasteiger partial charge < -0.3 is 9.73 Å². The standard InChI is InChI=1S/C13H14N2O2/c1-13(2,11-5-3-4-7-14-11)15-12(16)10-6-8-17-9-10/h3-9H,1-2H3,(H,15,16). The molecule has 0 spiro atoms. The minimum Gasteiger partial charge on any atom is -0.472 e. The van der Waals surface area contributed by atoms with E-state index in [1.165, 1.54) is 12.5 Å². The first kappa shape index (κ1) is 11.4. The fourth-order valence-electron chi connectivity index (χ4n) is 1.55. The summed E-state index contributed by atoms with van der Waals surface area (Å²) in [6, 6.07) is 7.26. The summed E-state index contributed by atoms with van der Waals surface area (Å²) in [6.45, 7) is 3.82. The molecule has 0 radical (unpaired) electrons. The molecule has 2 aromatic rings. The van der Waals surface area contributed by atoms with Crippen LogP contribution in [0.5, 0.6) is 0 Å². The average Bonchev–Trinajstić information content (AvgIpc) is 2.83. The van der Waals surface area contributed by atoms with E-state index in [1.54, 1.807) is 12.3 Å². The molecule has 0 bridgehead atoms. The van der Waals surface area contributed by atoms with E-state index in [9.17, 15) is 4.79 Å². The van der Waals surface area contributed by atoms with Gasteiger partial charge in [0.25, 0.3) is 5.91 Å². The molecule has 0 saturated carbocycles. The van der Waals surface area contributed by atoms with E-state index in [-0.39, 0.29) is 5.91 Å². The van der Waals surface area contributed by atoms with Crippen LogP contribution in [0.3, 0.4) is 0 Å². The van der Waals surface area contributed by atoms with Crippen LogP contribution in [-0.4, -0.2) is 10.9 Å². The zero-order valence-corrected chi connectivity index (χ0v) is 9.81. The van der Waals surface area contributed by atoms with Gasteiger partial charge in [-0.2, -0.15) is 0 Å². The van der Waals surface area contributed by atoms with Gasteiger partial charge >= 0.3 is 0 Å². The number of carbonyl (C=O) groups excluding carboxylic acids is 1. The van der Waals surface area contributed by atoms with Crippen molar-refractivity contribution in [1.29, 1.82) is 0 Å². The third-order valence-electron chi connectivity index (χ3n) is 2.51. The normalized spacial score (nSPS) is 11.2. The monoisotopic (exact) mass is 230 g/mol. The van der Waals surface area contributed by atoms with E-state index in [1.807, 2.05) is 32.0 Å². The van der Waals surface area contributed by atoms with Crippen LogP contribution >= 0.6 is 0 Å². The summed E-state index contributed by atoms with van der Waals surface area (Å²) in [7, 11) is 0. The van der Waals surface area contributed by atoms with Gasteiger partial charge in [0.2, 0.25) is 0 Å². The van der Waals surface area contributed by atoms with Gasteiger partial charge in [0.1, 0.15) is 6.26 Å². The van der Waals surface area contributed by atoms with Gasteiger partial charge in [0, 0.05) is 6.20 Å². The minimum atomic E-state index is -0.518. The first-order valence-corrected chi connectivity index (χ1v) is 5.36. The largest absolute Gasteiger partial charge is 0.472 e. The molecule has 0 aliphatic rings. The number of hydrogen-bond donors (Lipinski definition) is 1. The van der Waals surface area contributed by atoms with Crippen molar-refractivity contribution in [3.63, 3.8) is 0 Å². The van der Waals surface area contributed by atoms with E-state index in [0.717, 1.165) is 5.69 Å². The van der Waals surface area contributed by atoms with Crippen molar-refractivity contribution in [2.45, 2.75) is 19.4 Å². The van der Waals surface area contributed by atoms with Crippen molar-refractivity contribution in [3.8, 4) is 0 Å². The van der Waals surface area contributed by atoms with Gasteiger partial charge in [-0.3, -0.25) is 9.78 Å². The maximum Gasteiger partial charge on any atom is 0.255 e. The number of aromatic nitrogens is 1. The first-order chi connectivity index (χ1) is 8.09. The highest BCUT2D eigenvalue weighted by Gasteiger charge is 2.24. The van der Waals surface area contributed by atoms with Crippen molar-refractivity contribution in [2.24, 2.45) is 0 Å². The van der Waals surface area contributed by atoms with Gasteiger partial charge in [0.05, 0.1) is 23.1 Å². The number of nitrogens with zero attached hydrogens (tertiary/aromatic N) is 1. The third-order valence-corrected chi connectivity index (χ3v) is 2.51. The van der Waals surface area contributed by atoms with E-state index in [4.69, 9.17) is 4.42 Å². The second-order valence-corrected chi connectivity index (χ2v) is 4.31. The van der Waals surface area contributed by atoms with Gasteiger partial charge in [-0.25, -0.2) is 0 Å². The molecule has 0 aliphatic heterocycles. The Kier molecular flexibility index (Phi) is 2.95. The van der Waals surface area contributed by atoms with Crippen molar-refractivity contribution in [3.05, 3.63) is 54.2 Å². The minimum absolute atomic E-state index is 0.172. The Hall–Kier alpha value is -2.10. The topological polar surface area (TPSA) is 55.1 Å². The van der Waals surface area contributed by atoms with E-state index >= 15 is 0 Å². The Balaban J connectivity index is 2.15. The molecule has 2 rings (SSSR count). The fourth-order valence-corrected chi connectivity index (χ4v) is 1.55. The first-order valence-electron chi connectivity index (χ1n) is 5.36. The number of furan rings is 1. The van der Waals surface area contributed by atoms with Crippen LogP contribution in [-0.2, 0) is 5.54 Å². The van der Waals surface area contributed by atoms with Gasteiger partial charge in [-0.15, -0.1) is 0 Å². The zero-order valence-electron chi connectivity index (χ0n) is 9.81. The van der Waals surface area contributed by atoms with Crippen LogP contribution in [0.25, 0.3) is 0 Å². The second-order valence-electron chi connectivity index (χ2n) is 4.31. The van der Waals surface area contributed by atoms with Crippen molar-refractivity contribution in [1.82, 2.24) is 10.3 Å². The predicted molar refractivity (Wildman–Crippen MR) is 63.4 cm³/mol. The summed E-state index contributed by atoms with van der Waals surface area (Å²) in [5.74, 6) is -0.172. The number of nitrogens with one attached hydrogen (secondary N) is 1. The molecule has 0 fully saturated rings. The van der Waals surface area contributed by atoms with Crippen LogP contribution in [0.4, 0.5) is 0 Å². The van der Waals surface area contributed by atoms with Crippen molar-refractivity contribution < 1.29 is 9.21 Å². The highest BCUT2D eigenvalue weighted by atomic mass is 16.3. The van der Waals surface area contributed by atoms with E-state index < -0.39 is 5.54 Å². The van der Waals surface area contributed by atoms with Gasteiger partial charge in [-0.05, 0) is 32.0 Å². The third kappa shape index (κ3) is 2.53. The second kappa shape index (κ2) is 4.41. The fraction of sp³-hybridized carbons (Fsp3) is 0.231. The molecule has 0 aromatic carbocycles. The molecule has 4 heteroatoms. The molecule has 17 heavy (non-hydrogen) atoms. The van der Waals surface area contributed by atoms with Crippen LogP contribution in [0.1, 0.15) is 29.9 Å². The van der Waals surface area contributed by atoms with Gasteiger partial charge in [-0.1, -0.05) is 6.07 Å². The lowest BCUT2D eigenvalue weighted by Crippen LogP contribution is -2.41. The lowest BCUT2D eigenvalue weighted by atomic mass is 9.99. The Morgan fingerprint density at radius 1 is 1.35 bits per heavy atom. The smallest absolute Gasteiger partial charge is 0.255 e. The Bertz CT molecular complexity index is 489. The van der Waals surface area contributed by atoms with E-state index in [0.29, 0.717) is 5.56 Å². The Morgan fingerprint density at radius 3 is 2.76 bits per heavy atom. The molecule has 88 valence electrons. The molecule has 1 N–H and O–H groups in total. The number of amides is 1. The zero-order chi connectivity index (χ0) is 12.3. The molecule has 0 atom stereocenters. The number of hydrogen-bond acceptors (Lipinski definition) is 3. The Morgan fingerprint density at radius 2 is 2.18 bits per heavy atom. The molecule has 0 unspecified atom stereocenters. The maximum absolute atomic E-state index is 11.9. The molecule has 1 amide bonds. The molecular formula is C13H14N2O2. The summed E-state index contributed by atoms with van der Waals surface area (Å²) in [5, 5.41) is 2.91. The van der Waals surface area contributed by atoms with Crippen LogP contribution in [0.2, 0.25) is 0 Å². The summed E-state index contributed by atoms with van der Waals surface area (Å²) in [4.78, 5) is 16.1. The molecular weight excluding hydrogens is 216 g/mol. The van der Waals surface area contributed by atoms with Crippen molar-refractivity contribution in [2.75, 3.05) is 0 Å². The maximum atomic E-state index is 11.9. The van der Waals surface area contributed by atoms with Crippen LogP contribution in [0.15, 0.2) is 47.4 Å². The average molecular weight is 230 g/mol. The van der Waals surface area contributed by atoms with Gasteiger partial charge in [0.15, 0.2) is 0 Å². The number of pyridine rings is 1. The molecule has 2 heterocycles. The molecule has 0 aliphatic carbocycles. The molecule has 2 aromatic heterocycles. The summed E-state index contributed by atoms with van der Waals surface area (Å²) < 4.78 is 4.88. The predicted octanol–water partition coefficient (Wildman–Crippen LogP) is 2.34. The lowest BCUT2D eigenvalue weighted by Gasteiger charge is -2.25. The highest BCUT2D eigenvalue weighted by molar-refractivity contribution is 5.94. The van der Waals surface area contributed by atoms with Crippen LogP contribution < -0.4 is 5.32 Å². The lowest BCUT2D eigenvalue weighted by molar-refractivity contribution is 0.0909. The highest BCUT2D eigenvalue weighted by Crippen LogP contribution is 2.17.